The molecule has 0 aliphatic carbocycles. The van der Waals surface area contributed by atoms with Crippen LogP contribution in [-0.4, -0.2) is 25.3 Å². The Morgan fingerprint density at radius 3 is 2.57 bits per heavy atom. The predicted molar refractivity (Wildman–Crippen MR) is 74.6 cm³/mol. The molecule has 0 saturated carbocycles. The van der Waals surface area contributed by atoms with Crippen molar-refractivity contribution in [2.45, 2.75) is 20.5 Å². The summed E-state index contributed by atoms with van der Waals surface area (Å²) in [6, 6.07) is 5.04. The fraction of sp³-hybridized carbons (Fsp3) is 0.333. The third-order valence-electron chi connectivity index (χ3n) is 3.15. The van der Waals surface area contributed by atoms with Gasteiger partial charge in [0.15, 0.2) is 11.5 Å². The monoisotopic (exact) mass is 291 g/mol. The van der Waals surface area contributed by atoms with Crippen LogP contribution in [0.5, 0.6) is 11.5 Å². The summed E-state index contributed by atoms with van der Waals surface area (Å²) in [5.74, 6) is 0.969. The summed E-state index contributed by atoms with van der Waals surface area (Å²) in [6.07, 6.45) is 0. The number of carbonyl (C=O) groups excluding carboxylic acids is 1. The Morgan fingerprint density at radius 1 is 1.24 bits per heavy atom. The van der Waals surface area contributed by atoms with Crippen molar-refractivity contribution in [1.82, 2.24) is 5.16 Å². The Kier molecular flexibility index (Phi) is 4.47. The van der Waals surface area contributed by atoms with Crippen LogP contribution in [0.15, 0.2) is 22.7 Å². The quantitative estimate of drug-likeness (QED) is 0.789. The lowest BCUT2D eigenvalue weighted by Crippen LogP contribution is -2.08. The van der Waals surface area contributed by atoms with Crippen molar-refractivity contribution in [3.63, 3.8) is 0 Å². The fourth-order valence-corrected chi connectivity index (χ4v) is 1.97. The molecule has 0 atom stereocenters. The zero-order valence-corrected chi connectivity index (χ0v) is 12.4. The Labute approximate surface area is 122 Å². The Bertz CT molecular complexity index is 628. The molecule has 0 bridgehead atoms. The van der Waals surface area contributed by atoms with Crippen LogP contribution >= 0.6 is 0 Å². The molecule has 0 saturated heterocycles. The van der Waals surface area contributed by atoms with Gasteiger partial charge < -0.3 is 18.7 Å². The number of hydrogen-bond donors (Lipinski definition) is 0. The first-order valence-corrected chi connectivity index (χ1v) is 6.38. The van der Waals surface area contributed by atoms with Crippen LogP contribution in [0.4, 0.5) is 0 Å². The number of ether oxygens (including phenoxy) is 3. The van der Waals surface area contributed by atoms with Gasteiger partial charge in [-0.15, -0.1) is 0 Å². The molecule has 0 N–H and O–H groups in total. The van der Waals surface area contributed by atoms with Gasteiger partial charge in [-0.2, -0.15) is 0 Å². The van der Waals surface area contributed by atoms with Gasteiger partial charge in [0.1, 0.15) is 17.9 Å². The van der Waals surface area contributed by atoms with E-state index < -0.39 is 5.97 Å². The van der Waals surface area contributed by atoms with Gasteiger partial charge >= 0.3 is 5.97 Å². The molecular formula is C15H17NO5. The maximum absolute atomic E-state index is 12.2. The second kappa shape index (κ2) is 6.30. The van der Waals surface area contributed by atoms with Crippen LogP contribution in [-0.2, 0) is 11.3 Å². The molecule has 0 aliphatic rings. The van der Waals surface area contributed by atoms with Gasteiger partial charge in [-0.1, -0.05) is 11.2 Å². The summed E-state index contributed by atoms with van der Waals surface area (Å²) < 4.78 is 20.7. The number of methoxy groups -OCH3 is 2. The maximum Gasteiger partial charge on any atom is 0.342 e. The van der Waals surface area contributed by atoms with E-state index in [9.17, 15) is 4.79 Å². The number of para-hydroxylation sites is 1. The molecule has 0 fully saturated rings. The standard InChI is InChI=1S/C15H17NO5/c1-9-12(10(2)21-16-9)8-20-15(17)11-6-5-7-13(18-3)14(11)19-4/h5-7H,8H2,1-4H3. The second-order valence-corrected chi connectivity index (χ2v) is 4.42. The average molecular weight is 291 g/mol. The van der Waals surface area contributed by atoms with Crippen molar-refractivity contribution >= 4 is 5.97 Å². The van der Waals surface area contributed by atoms with E-state index in [0.717, 1.165) is 5.56 Å². The molecule has 0 radical (unpaired) electrons. The Morgan fingerprint density at radius 2 is 2.00 bits per heavy atom. The van der Waals surface area contributed by atoms with Gasteiger partial charge in [-0.3, -0.25) is 0 Å². The molecule has 2 rings (SSSR count). The Balaban J connectivity index is 2.18. The molecule has 112 valence electrons. The summed E-state index contributed by atoms with van der Waals surface area (Å²) in [4.78, 5) is 12.2. The minimum Gasteiger partial charge on any atom is -0.493 e. The largest absolute Gasteiger partial charge is 0.493 e. The highest BCUT2D eigenvalue weighted by atomic mass is 16.5. The number of rotatable bonds is 5. The minimum atomic E-state index is -0.495. The van der Waals surface area contributed by atoms with Crippen molar-refractivity contribution in [3.8, 4) is 11.5 Å². The number of esters is 1. The number of aryl methyl sites for hydroxylation is 2. The summed E-state index contributed by atoms with van der Waals surface area (Å²) in [5, 5.41) is 3.82. The lowest BCUT2D eigenvalue weighted by Gasteiger charge is -2.12. The van der Waals surface area contributed by atoms with E-state index in [0.29, 0.717) is 28.5 Å². The first-order chi connectivity index (χ1) is 10.1. The smallest absolute Gasteiger partial charge is 0.342 e. The third kappa shape index (κ3) is 2.99. The van der Waals surface area contributed by atoms with Crippen molar-refractivity contribution in [2.24, 2.45) is 0 Å². The second-order valence-electron chi connectivity index (χ2n) is 4.42. The van der Waals surface area contributed by atoms with Gasteiger partial charge in [0.2, 0.25) is 0 Å². The fourth-order valence-electron chi connectivity index (χ4n) is 1.97. The van der Waals surface area contributed by atoms with Gasteiger partial charge in [-0.25, -0.2) is 4.79 Å². The summed E-state index contributed by atoms with van der Waals surface area (Å²) in [5.41, 5.74) is 1.78. The molecule has 6 nitrogen and oxygen atoms in total. The van der Waals surface area contributed by atoms with E-state index in [1.54, 1.807) is 32.0 Å². The van der Waals surface area contributed by atoms with Crippen LogP contribution in [0, 0.1) is 13.8 Å². The van der Waals surface area contributed by atoms with Crippen molar-refractivity contribution in [2.75, 3.05) is 14.2 Å². The number of hydrogen-bond acceptors (Lipinski definition) is 6. The van der Waals surface area contributed by atoms with Gasteiger partial charge in [0.05, 0.1) is 25.5 Å². The number of benzene rings is 1. The normalized spacial score (nSPS) is 10.3. The molecule has 2 aromatic rings. The van der Waals surface area contributed by atoms with Gasteiger partial charge in [-0.05, 0) is 26.0 Å². The highest BCUT2D eigenvalue weighted by Gasteiger charge is 2.19. The first-order valence-electron chi connectivity index (χ1n) is 6.38. The predicted octanol–water partition coefficient (Wildman–Crippen LogP) is 2.67. The van der Waals surface area contributed by atoms with E-state index >= 15 is 0 Å². The molecule has 21 heavy (non-hydrogen) atoms. The van der Waals surface area contributed by atoms with Gasteiger partial charge in [0.25, 0.3) is 0 Å². The van der Waals surface area contributed by atoms with E-state index in [-0.39, 0.29) is 6.61 Å². The lowest BCUT2D eigenvalue weighted by molar-refractivity contribution is 0.0466. The van der Waals surface area contributed by atoms with E-state index in [1.807, 2.05) is 0 Å². The molecule has 0 unspecified atom stereocenters. The molecule has 1 aromatic heterocycles. The highest BCUT2D eigenvalue weighted by molar-refractivity contribution is 5.93. The number of nitrogens with zero attached hydrogens (tertiary/aromatic N) is 1. The number of carbonyl (C=O) groups is 1. The topological polar surface area (TPSA) is 70.8 Å². The lowest BCUT2D eigenvalue weighted by atomic mass is 10.2. The SMILES string of the molecule is COc1cccc(C(=O)OCc2c(C)noc2C)c1OC. The molecule has 0 aliphatic heterocycles. The van der Waals surface area contributed by atoms with E-state index in [1.165, 1.54) is 14.2 Å². The van der Waals surface area contributed by atoms with Gasteiger partial charge in [0, 0.05) is 0 Å². The van der Waals surface area contributed by atoms with Crippen molar-refractivity contribution in [3.05, 3.63) is 40.8 Å². The molecule has 6 heteroatoms. The van der Waals surface area contributed by atoms with Crippen LogP contribution in [0.1, 0.15) is 27.4 Å². The van der Waals surface area contributed by atoms with Crippen LogP contribution in [0.25, 0.3) is 0 Å². The molecule has 0 spiro atoms. The molecule has 1 heterocycles. The first kappa shape index (κ1) is 14.9. The minimum absolute atomic E-state index is 0.0976. The average Bonchev–Trinajstić information content (AvgIpc) is 2.82. The third-order valence-corrected chi connectivity index (χ3v) is 3.15. The Hall–Kier alpha value is -2.50. The van der Waals surface area contributed by atoms with Crippen molar-refractivity contribution in [1.29, 1.82) is 0 Å². The van der Waals surface area contributed by atoms with Crippen LogP contribution in [0.3, 0.4) is 0 Å². The molecular weight excluding hydrogens is 274 g/mol. The summed E-state index contributed by atoms with van der Waals surface area (Å²) in [7, 11) is 2.99. The molecule has 1 aromatic carbocycles. The number of aromatic nitrogens is 1. The molecule has 0 amide bonds. The van der Waals surface area contributed by atoms with E-state index in [4.69, 9.17) is 18.7 Å². The summed E-state index contributed by atoms with van der Waals surface area (Å²) in [6.45, 7) is 3.67. The van der Waals surface area contributed by atoms with Crippen LogP contribution < -0.4 is 9.47 Å². The highest BCUT2D eigenvalue weighted by Crippen LogP contribution is 2.31. The van der Waals surface area contributed by atoms with E-state index in [2.05, 4.69) is 5.16 Å². The maximum atomic E-state index is 12.2. The van der Waals surface area contributed by atoms with Crippen LogP contribution in [0.2, 0.25) is 0 Å². The summed E-state index contributed by atoms with van der Waals surface area (Å²) >= 11 is 0. The van der Waals surface area contributed by atoms with Crippen molar-refractivity contribution < 1.29 is 23.5 Å². The zero-order chi connectivity index (χ0) is 15.4. The zero-order valence-electron chi connectivity index (χ0n) is 12.4.